The van der Waals surface area contributed by atoms with Crippen molar-refractivity contribution in [2.24, 2.45) is 0 Å². The van der Waals surface area contributed by atoms with Crippen LogP contribution in [0, 0.1) is 18.6 Å². The zero-order chi connectivity index (χ0) is 15.7. The summed E-state index contributed by atoms with van der Waals surface area (Å²) < 4.78 is 27.6. The molecule has 0 fully saturated rings. The topological polar surface area (TPSA) is 59.3 Å². The second-order valence-electron chi connectivity index (χ2n) is 4.72. The van der Waals surface area contributed by atoms with E-state index in [-0.39, 0.29) is 5.56 Å². The van der Waals surface area contributed by atoms with E-state index in [1.54, 1.807) is 4.52 Å². The van der Waals surface area contributed by atoms with Gasteiger partial charge in [-0.2, -0.15) is 5.10 Å². The van der Waals surface area contributed by atoms with Gasteiger partial charge in [0.2, 0.25) is 4.96 Å². The number of benzene rings is 1. The molecule has 0 aliphatic heterocycles. The maximum atomic E-state index is 13.1. The van der Waals surface area contributed by atoms with E-state index in [9.17, 15) is 13.6 Å². The second kappa shape index (κ2) is 5.80. The van der Waals surface area contributed by atoms with Gasteiger partial charge < -0.3 is 5.32 Å². The quantitative estimate of drug-likeness (QED) is 0.802. The van der Waals surface area contributed by atoms with E-state index < -0.39 is 17.5 Å². The average Bonchev–Trinajstić information content (AvgIpc) is 2.98. The van der Waals surface area contributed by atoms with E-state index >= 15 is 0 Å². The Hall–Kier alpha value is -2.35. The van der Waals surface area contributed by atoms with Gasteiger partial charge in [-0.3, -0.25) is 4.79 Å². The van der Waals surface area contributed by atoms with Crippen molar-refractivity contribution in [3.63, 3.8) is 0 Å². The van der Waals surface area contributed by atoms with Crippen molar-refractivity contribution in [1.82, 2.24) is 19.9 Å². The van der Waals surface area contributed by atoms with E-state index in [0.29, 0.717) is 13.0 Å². The Bertz CT molecular complexity index is 811. The fraction of sp³-hybridized carbons (Fsp3) is 0.214. The van der Waals surface area contributed by atoms with E-state index in [1.165, 1.54) is 17.4 Å². The molecular weight excluding hydrogens is 310 g/mol. The molecule has 2 aromatic heterocycles. The predicted molar refractivity (Wildman–Crippen MR) is 78.0 cm³/mol. The third-order valence-electron chi connectivity index (χ3n) is 3.04. The van der Waals surface area contributed by atoms with Crippen LogP contribution < -0.4 is 5.32 Å². The molecule has 0 unspecified atom stereocenters. The molecule has 0 saturated heterocycles. The highest BCUT2D eigenvalue weighted by Crippen LogP contribution is 2.13. The minimum absolute atomic E-state index is 0.0852. The molecule has 8 heteroatoms. The van der Waals surface area contributed by atoms with Gasteiger partial charge in [0.05, 0.1) is 11.9 Å². The second-order valence-corrected chi connectivity index (χ2v) is 5.88. The molecule has 3 aromatic rings. The molecule has 3 rings (SSSR count). The Labute approximate surface area is 128 Å². The Balaban J connectivity index is 1.58. The van der Waals surface area contributed by atoms with Gasteiger partial charge in [0, 0.05) is 18.5 Å². The van der Waals surface area contributed by atoms with Gasteiger partial charge in [-0.1, -0.05) is 11.3 Å². The monoisotopic (exact) mass is 322 g/mol. The molecule has 0 aliphatic rings. The third-order valence-corrected chi connectivity index (χ3v) is 3.88. The summed E-state index contributed by atoms with van der Waals surface area (Å²) in [6, 6.07) is 3.05. The summed E-state index contributed by atoms with van der Waals surface area (Å²) in [6.07, 6.45) is 2.34. The lowest BCUT2D eigenvalue weighted by molar-refractivity contribution is 0.0953. The summed E-state index contributed by atoms with van der Waals surface area (Å²) in [6.45, 7) is 2.25. The number of rotatable bonds is 4. The first-order chi connectivity index (χ1) is 10.5. The van der Waals surface area contributed by atoms with E-state index in [1.807, 2.05) is 13.1 Å². The lowest BCUT2D eigenvalue weighted by Gasteiger charge is -2.04. The molecule has 0 aliphatic carbocycles. The van der Waals surface area contributed by atoms with Gasteiger partial charge >= 0.3 is 0 Å². The van der Waals surface area contributed by atoms with Crippen molar-refractivity contribution in [1.29, 1.82) is 0 Å². The highest BCUT2D eigenvalue weighted by molar-refractivity contribution is 7.16. The molecule has 22 heavy (non-hydrogen) atoms. The number of fused-ring (bicyclic) bond motifs is 1. The van der Waals surface area contributed by atoms with Crippen molar-refractivity contribution in [2.75, 3.05) is 6.54 Å². The Morgan fingerprint density at radius 1 is 1.36 bits per heavy atom. The number of halogens is 2. The molecule has 114 valence electrons. The molecule has 2 heterocycles. The smallest absolute Gasteiger partial charge is 0.251 e. The molecule has 5 nitrogen and oxygen atoms in total. The first-order valence-corrected chi connectivity index (χ1v) is 7.39. The van der Waals surface area contributed by atoms with Gasteiger partial charge in [-0.05, 0) is 25.1 Å². The number of imidazole rings is 1. The molecule has 1 aromatic carbocycles. The lowest BCUT2D eigenvalue weighted by Crippen LogP contribution is -2.25. The van der Waals surface area contributed by atoms with E-state index in [0.717, 1.165) is 27.8 Å². The number of carbonyl (C=O) groups is 1. The number of aromatic nitrogens is 3. The van der Waals surface area contributed by atoms with Crippen LogP contribution in [0.25, 0.3) is 4.96 Å². The number of hydrogen-bond acceptors (Lipinski definition) is 4. The first-order valence-electron chi connectivity index (χ1n) is 6.58. The summed E-state index contributed by atoms with van der Waals surface area (Å²) in [7, 11) is 0. The first kappa shape index (κ1) is 14.6. The van der Waals surface area contributed by atoms with Crippen LogP contribution in [0.3, 0.4) is 0 Å². The Morgan fingerprint density at radius 2 is 2.18 bits per heavy atom. The van der Waals surface area contributed by atoms with Crippen LogP contribution in [0.15, 0.2) is 24.4 Å². The molecule has 1 N–H and O–H groups in total. The standard InChI is InChI=1S/C14H12F2N4OS/c1-8-19-20-7-10(18-14(20)22-8)4-5-17-13(21)9-2-3-11(15)12(16)6-9/h2-3,6-7H,4-5H2,1H3,(H,17,21). The van der Waals surface area contributed by atoms with Crippen LogP contribution in [-0.4, -0.2) is 27.0 Å². The highest BCUT2D eigenvalue weighted by Gasteiger charge is 2.10. The van der Waals surface area contributed by atoms with Crippen molar-refractivity contribution in [2.45, 2.75) is 13.3 Å². The van der Waals surface area contributed by atoms with Crippen LogP contribution in [0.1, 0.15) is 21.1 Å². The van der Waals surface area contributed by atoms with Gasteiger partial charge in [0.1, 0.15) is 5.01 Å². The summed E-state index contributed by atoms with van der Waals surface area (Å²) in [5.74, 6) is -2.46. The fourth-order valence-corrected chi connectivity index (χ4v) is 2.75. The van der Waals surface area contributed by atoms with E-state index in [2.05, 4.69) is 15.4 Å². The molecular formula is C14H12F2N4OS. The largest absolute Gasteiger partial charge is 0.352 e. The SMILES string of the molecule is Cc1nn2cc(CCNC(=O)c3ccc(F)c(F)c3)nc2s1. The Kier molecular flexibility index (Phi) is 3.84. The van der Waals surface area contributed by atoms with Crippen LogP contribution in [0.4, 0.5) is 8.78 Å². The number of aryl methyl sites for hydroxylation is 1. The van der Waals surface area contributed by atoms with Gasteiger partial charge in [-0.25, -0.2) is 18.3 Å². The summed E-state index contributed by atoms with van der Waals surface area (Å²) in [4.78, 5) is 17.0. The van der Waals surface area contributed by atoms with Crippen molar-refractivity contribution in [3.05, 3.63) is 52.3 Å². The minimum Gasteiger partial charge on any atom is -0.352 e. The number of carbonyl (C=O) groups excluding carboxylic acids is 1. The summed E-state index contributed by atoms with van der Waals surface area (Å²) >= 11 is 1.49. The Morgan fingerprint density at radius 3 is 2.91 bits per heavy atom. The zero-order valence-electron chi connectivity index (χ0n) is 11.6. The maximum absolute atomic E-state index is 13.1. The average molecular weight is 322 g/mol. The van der Waals surface area contributed by atoms with Crippen LogP contribution in [0.5, 0.6) is 0 Å². The van der Waals surface area contributed by atoms with Crippen molar-refractivity contribution < 1.29 is 13.6 Å². The van der Waals surface area contributed by atoms with Crippen LogP contribution >= 0.6 is 11.3 Å². The van der Waals surface area contributed by atoms with Gasteiger partial charge in [0.15, 0.2) is 11.6 Å². The molecule has 1 amide bonds. The number of nitrogens with one attached hydrogen (secondary N) is 1. The van der Waals surface area contributed by atoms with Crippen LogP contribution in [0.2, 0.25) is 0 Å². The minimum atomic E-state index is -1.04. The van der Waals surface area contributed by atoms with E-state index in [4.69, 9.17) is 0 Å². The maximum Gasteiger partial charge on any atom is 0.251 e. The van der Waals surface area contributed by atoms with Gasteiger partial charge in [0.25, 0.3) is 5.91 Å². The summed E-state index contributed by atoms with van der Waals surface area (Å²) in [5, 5.41) is 7.83. The summed E-state index contributed by atoms with van der Waals surface area (Å²) in [5.41, 5.74) is 0.895. The van der Waals surface area contributed by atoms with Crippen molar-refractivity contribution in [3.8, 4) is 0 Å². The fourth-order valence-electron chi connectivity index (χ4n) is 2.01. The predicted octanol–water partition coefficient (Wildman–Crippen LogP) is 2.35. The third kappa shape index (κ3) is 2.96. The number of hydrogen-bond donors (Lipinski definition) is 1. The number of nitrogens with zero attached hydrogens (tertiary/aromatic N) is 3. The molecule has 0 atom stereocenters. The highest BCUT2D eigenvalue weighted by atomic mass is 32.1. The molecule has 0 saturated carbocycles. The molecule has 0 radical (unpaired) electrons. The normalized spacial score (nSPS) is 11.0. The van der Waals surface area contributed by atoms with Gasteiger partial charge in [-0.15, -0.1) is 0 Å². The van der Waals surface area contributed by atoms with Crippen molar-refractivity contribution >= 4 is 22.2 Å². The molecule has 0 spiro atoms. The lowest BCUT2D eigenvalue weighted by atomic mass is 10.2. The zero-order valence-corrected chi connectivity index (χ0v) is 12.5. The molecule has 0 bridgehead atoms. The number of amides is 1. The van der Waals surface area contributed by atoms with Crippen LogP contribution in [-0.2, 0) is 6.42 Å².